The number of hydrazone groups is 1. The Kier molecular flexibility index (Phi) is 6.10. The third-order valence-electron chi connectivity index (χ3n) is 3.85. The van der Waals surface area contributed by atoms with Gasteiger partial charge in [-0.15, -0.1) is 0 Å². The van der Waals surface area contributed by atoms with Crippen LogP contribution in [-0.2, 0) is 14.8 Å². The van der Waals surface area contributed by atoms with Crippen LogP contribution >= 0.6 is 0 Å². The predicted molar refractivity (Wildman–Crippen MR) is 109 cm³/mol. The fraction of sp³-hybridized carbons (Fsp3) is 0.100. The molecule has 0 radical (unpaired) electrons. The number of hydrogen-bond donors (Lipinski definition) is 2. The Bertz CT molecular complexity index is 1130. The van der Waals surface area contributed by atoms with Gasteiger partial charge in [-0.05, 0) is 55.5 Å². The molecule has 1 heterocycles. The number of nitrogens with one attached hydrogen (secondary N) is 1. The molecule has 0 unspecified atom stereocenters. The minimum atomic E-state index is -3.73. The normalized spacial score (nSPS) is 11.5. The van der Waals surface area contributed by atoms with Crippen molar-refractivity contribution < 1.29 is 22.4 Å². The average molecular weight is 413 g/mol. The van der Waals surface area contributed by atoms with Gasteiger partial charge in [-0.25, -0.2) is 18.4 Å². The van der Waals surface area contributed by atoms with Gasteiger partial charge in [0.2, 0.25) is 10.0 Å². The quantitative estimate of drug-likeness (QED) is 0.348. The van der Waals surface area contributed by atoms with Crippen LogP contribution in [-0.4, -0.2) is 27.2 Å². The van der Waals surface area contributed by atoms with Crippen molar-refractivity contribution in [2.24, 2.45) is 10.2 Å². The third-order valence-corrected chi connectivity index (χ3v) is 4.78. The second kappa shape index (κ2) is 8.72. The van der Waals surface area contributed by atoms with Gasteiger partial charge >= 0.3 is 5.97 Å². The summed E-state index contributed by atoms with van der Waals surface area (Å²) in [6.45, 7) is 2.06. The Morgan fingerprint density at radius 1 is 1.17 bits per heavy atom. The van der Waals surface area contributed by atoms with E-state index in [9.17, 15) is 13.2 Å². The Balaban J connectivity index is 1.67. The van der Waals surface area contributed by atoms with Crippen molar-refractivity contribution in [3.05, 3.63) is 72.0 Å². The van der Waals surface area contributed by atoms with Crippen molar-refractivity contribution in [3.8, 4) is 11.3 Å². The van der Waals surface area contributed by atoms with Gasteiger partial charge in [0.25, 0.3) is 0 Å². The molecule has 29 heavy (non-hydrogen) atoms. The van der Waals surface area contributed by atoms with Crippen molar-refractivity contribution >= 4 is 27.9 Å². The van der Waals surface area contributed by atoms with E-state index in [1.165, 1.54) is 18.3 Å². The monoisotopic (exact) mass is 413 g/mol. The van der Waals surface area contributed by atoms with Gasteiger partial charge in [0.1, 0.15) is 11.5 Å². The standard InChI is InChI=1S/C20H19N3O5S/c1-2-27-20(24)15-5-3-4-14(12-15)19-11-8-17(28-19)13-22-23-16-6-9-18(10-7-16)29(21,25)26/h3-13,23H,2H2,1H3,(H2,21,25,26)/b22-13+. The van der Waals surface area contributed by atoms with Crippen molar-refractivity contribution in [2.45, 2.75) is 11.8 Å². The van der Waals surface area contributed by atoms with Gasteiger partial charge in [-0.3, -0.25) is 5.43 Å². The SMILES string of the molecule is CCOC(=O)c1cccc(-c2ccc(/C=N/Nc3ccc(S(N)(=O)=O)cc3)o2)c1. The number of benzene rings is 2. The number of rotatable bonds is 7. The van der Waals surface area contributed by atoms with E-state index in [2.05, 4.69) is 10.5 Å². The molecule has 150 valence electrons. The minimum Gasteiger partial charge on any atom is -0.462 e. The third kappa shape index (κ3) is 5.31. The summed E-state index contributed by atoms with van der Waals surface area (Å²) in [7, 11) is -3.73. The lowest BCUT2D eigenvalue weighted by Crippen LogP contribution is -2.11. The fourth-order valence-electron chi connectivity index (χ4n) is 2.48. The smallest absolute Gasteiger partial charge is 0.338 e. The Morgan fingerprint density at radius 2 is 1.93 bits per heavy atom. The van der Waals surface area contributed by atoms with E-state index in [1.807, 2.05) is 6.07 Å². The highest BCUT2D eigenvalue weighted by Gasteiger charge is 2.10. The van der Waals surface area contributed by atoms with Crippen molar-refractivity contribution in [2.75, 3.05) is 12.0 Å². The van der Waals surface area contributed by atoms with Crippen LogP contribution in [0.3, 0.4) is 0 Å². The first-order valence-electron chi connectivity index (χ1n) is 8.66. The molecule has 0 atom stereocenters. The largest absolute Gasteiger partial charge is 0.462 e. The number of sulfonamides is 1. The highest BCUT2D eigenvalue weighted by Crippen LogP contribution is 2.23. The first-order valence-corrected chi connectivity index (χ1v) is 10.2. The van der Waals surface area contributed by atoms with Gasteiger partial charge in [0.05, 0.1) is 29.0 Å². The lowest BCUT2D eigenvalue weighted by Gasteiger charge is -2.03. The van der Waals surface area contributed by atoms with Crippen LogP contribution in [0.4, 0.5) is 5.69 Å². The molecule has 2 aromatic carbocycles. The molecular formula is C20H19N3O5S. The molecule has 0 amide bonds. The summed E-state index contributed by atoms with van der Waals surface area (Å²) in [5.41, 5.74) is 4.54. The first-order chi connectivity index (χ1) is 13.9. The number of ether oxygens (including phenoxy) is 1. The van der Waals surface area contributed by atoms with Crippen LogP contribution in [0, 0.1) is 0 Å². The number of anilines is 1. The van der Waals surface area contributed by atoms with Crippen LogP contribution in [0.2, 0.25) is 0 Å². The van der Waals surface area contributed by atoms with Gasteiger partial charge in [-0.1, -0.05) is 12.1 Å². The summed E-state index contributed by atoms with van der Waals surface area (Å²) < 4.78 is 33.2. The number of esters is 1. The number of primary sulfonamides is 1. The van der Waals surface area contributed by atoms with E-state index in [-0.39, 0.29) is 10.9 Å². The van der Waals surface area contributed by atoms with Gasteiger partial charge in [0.15, 0.2) is 0 Å². The van der Waals surface area contributed by atoms with Crippen LogP contribution in [0.5, 0.6) is 0 Å². The molecular weight excluding hydrogens is 394 g/mol. The van der Waals surface area contributed by atoms with E-state index >= 15 is 0 Å². The highest BCUT2D eigenvalue weighted by molar-refractivity contribution is 7.89. The average Bonchev–Trinajstić information content (AvgIpc) is 3.17. The molecule has 0 aliphatic heterocycles. The van der Waals surface area contributed by atoms with E-state index in [0.717, 1.165) is 5.56 Å². The van der Waals surface area contributed by atoms with E-state index < -0.39 is 10.0 Å². The van der Waals surface area contributed by atoms with Crippen molar-refractivity contribution in [1.82, 2.24) is 0 Å². The van der Waals surface area contributed by atoms with Crippen molar-refractivity contribution in [3.63, 3.8) is 0 Å². The van der Waals surface area contributed by atoms with Crippen molar-refractivity contribution in [1.29, 1.82) is 0 Å². The zero-order chi connectivity index (χ0) is 20.9. The molecule has 0 saturated carbocycles. The number of hydrogen-bond acceptors (Lipinski definition) is 7. The number of nitrogens with two attached hydrogens (primary N) is 1. The summed E-state index contributed by atoms with van der Waals surface area (Å²) in [6, 6.07) is 16.3. The number of carbonyl (C=O) groups is 1. The predicted octanol–water partition coefficient (Wildman–Crippen LogP) is 3.22. The summed E-state index contributed by atoms with van der Waals surface area (Å²) in [5, 5.41) is 9.12. The topological polar surface area (TPSA) is 124 Å². The zero-order valence-electron chi connectivity index (χ0n) is 15.5. The van der Waals surface area contributed by atoms with Gasteiger partial charge in [-0.2, -0.15) is 5.10 Å². The molecule has 3 N–H and O–H groups in total. The maximum Gasteiger partial charge on any atom is 0.338 e. The molecule has 0 bridgehead atoms. The summed E-state index contributed by atoms with van der Waals surface area (Å²) in [5.74, 6) is 0.686. The maximum absolute atomic E-state index is 11.9. The van der Waals surface area contributed by atoms with E-state index in [1.54, 1.807) is 49.4 Å². The zero-order valence-corrected chi connectivity index (χ0v) is 16.3. The second-order valence-electron chi connectivity index (χ2n) is 5.94. The summed E-state index contributed by atoms with van der Waals surface area (Å²) in [6.07, 6.45) is 1.48. The summed E-state index contributed by atoms with van der Waals surface area (Å²) in [4.78, 5) is 11.9. The molecule has 1 aromatic heterocycles. The lowest BCUT2D eigenvalue weighted by atomic mass is 10.1. The molecule has 3 rings (SSSR count). The molecule has 0 spiro atoms. The summed E-state index contributed by atoms with van der Waals surface area (Å²) >= 11 is 0. The lowest BCUT2D eigenvalue weighted by molar-refractivity contribution is 0.0526. The maximum atomic E-state index is 11.9. The molecule has 9 heteroatoms. The molecule has 0 aliphatic rings. The number of furan rings is 1. The number of nitrogens with zero attached hydrogens (tertiary/aromatic N) is 1. The van der Waals surface area contributed by atoms with Crippen LogP contribution in [0.1, 0.15) is 23.0 Å². The highest BCUT2D eigenvalue weighted by atomic mass is 32.2. The molecule has 8 nitrogen and oxygen atoms in total. The Hall–Kier alpha value is -3.43. The molecule has 0 aliphatic carbocycles. The van der Waals surface area contributed by atoms with E-state index in [0.29, 0.717) is 29.4 Å². The molecule has 0 saturated heterocycles. The molecule has 0 fully saturated rings. The fourth-order valence-corrected chi connectivity index (χ4v) is 3.00. The van der Waals surface area contributed by atoms with Crippen LogP contribution < -0.4 is 10.6 Å². The van der Waals surface area contributed by atoms with Gasteiger partial charge in [0, 0.05) is 5.56 Å². The van der Waals surface area contributed by atoms with Crippen LogP contribution in [0.25, 0.3) is 11.3 Å². The Labute approximate surface area is 168 Å². The second-order valence-corrected chi connectivity index (χ2v) is 7.50. The first kappa shape index (κ1) is 20.3. The van der Waals surface area contributed by atoms with Crippen LogP contribution in [0.15, 0.2) is 75.1 Å². The minimum absolute atomic E-state index is 0.0211. The van der Waals surface area contributed by atoms with Gasteiger partial charge < -0.3 is 9.15 Å². The molecule has 3 aromatic rings. The Morgan fingerprint density at radius 3 is 2.62 bits per heavy atom. The van der Waals surface area contributed by atoms with E-state index in [4.69, 9.17) is 14.3 Å². The number of carbonyl (C=O) groups excluding carboxylic acids is 1.